The van der Waals surface area contributed by atoms with Crippen LogP contribution in [0.5, 0.6) is 0 Å². The molecule has 0 aliphatic carbocycles. The molecular weight excluding hydrogens is 358 g/mol. The Morgan fingerprint density at radius 3 is 2.63 bits per heavy atom. The molecule has 27 heavy (non-hydrogen) atoms. The van der Waals surface area contributed by atoms with Gasteiger partial charge in [0.25, 0.3) is 0 Å². The van der Waals surface area contributed by atoms with Crippen molar-refractivity contribution in [1.82, 2.24) is 4.98 Å². The van der Waals surface area contributed by atoms with E-state index in [-0.39, 0.29) is 24.2 Å². The first-order valence-electron chi connectivity index (χ1n) is 8.79. The summed E-state index contributed by atoms with van der Waals surface area (Å²) < 4.78 is 0. The van der Waals surface area contributed by atoms with E-state index in [0.717, 1.165) is 22.5 Å². The number of amides is 2. The van der Waals surface area contributed by atoms with Crippen molar-refractivity contribution in [1.29, 1.82) is 0 Å². The van der Waals surface area contributed by atoms with Gasteiger partial charge in [-0.05, 0) is 19.1 Å². The summed E-state index contributed by atoms with van der Waals surface area (Å²) in [7, 11) is 0. The fraction of sp³-hybridized carbons (Fsp3) is 0.190. The van der Waals surface area contributed by atoms with Gasteiger partial charge in [0.15, 0.2) is 5.13 Å². The van der Waals surface area contributed by atoms with Gasteiger partial charge in [-0.15, -0.1) is 11.3 Å². The fourth-order valence-electron chi connectivity index (χ4n) is 3.14. The lowest BCUT2D eigenvalue weighted by atomic mass is 10.1. The number of aromatic nitrogens is 1. The van der Waals surface area contributed by atoms with Gasteiger partial charge in [-0.1, -0.05) is 48.0 Å². The van der Waals surface area contributed by atoms with Gasteiger partial charge in [-0.2, -0.15) is 0 Å². The average Bonchev–Trinajstić information content (AvgIpc) is 3.30. The summed E-state index contributed by atoms with van der Waals surface area (Å²) in [5.74, 6) is -0.557. The Balaban J connectivity index is 1.43. The minimum Gasteiger partial charge on any atom is -0.312 e. The van der Waals surface area contributed by atoms with Crippen LogP contribution in [-0.4, -0.2) is 23.3 Å². The summed E-state index contributed by atoms with van der Waals surface area (Å²) in [5, 5.41) is 5.34. The van der Waals surface area contributed by atoms with Crippen molar-refractivity contribution in [2.75, 3.05) is 16.8 Å². The Morgan fingerprint density at radius 2 is 1.89 bits per heavy atom. The normalized spacial score (nSPS) is 16.6. The number of rotatable bonds is 4. The maximum atomic E-state index is 12.6. The van der Waals surface area contributed by atoms with E-state index in [1.165, 1.54) is 11.3 Å². The third kappa shape index (κ3) is 3.75. The number of aryl methyl sites for hydroxylation is 1. The number of nitrogens with zero attached hydrogens (tertiary/aromatic N) is 2. The Hall–Kier alpha value is -2.99. The monoisotopic (exact) mass is 377 g/mol. The highest BCUT2D eigenvalue weighted by atomic mass is 32.1. The van der Waals surface area contributed by atoms with E-state index in [2.05, 4.69) is 10.3 Å². The Morgan fingerprint density at radius 1 is 1.15 bits per heavy atom. The zero-order valence-electron chi connectivity index (χ0n) is 14.9. The lowest BCUT2D eigenvalue weighted by molar-refractivity contribution is -0.122. The molecule has 0 unspecified atom stereocenters. The molecule has 0 bridgehead atoms. The van der Waals surface area contributed by atoms with E-state index in [4.69, 9.17) is 0 Å². The first kappa shape index (κ1) is 17.4. The summed E-state index contributed by atoms with van der Waals surface area (Å²) in [6, 6.07) is 17.6. The van der Waals surface area contributed by atoms with Crippen molar-refractivity contribution >= 4 is 34.0 Å². The van der Waals surface area contributed by atoms with Crippen LogP contribution in [0, 0.1) is 12.8 Å². The summed E-state index contributed by atoms with van der Waals surface area (Å²) in [4.78, 5) is 31.1. The minimum atomic E-state index is -0.372. The van der Waals surface area contributed by atoms with Crippen molar-refractivity contribution in [2.45, 2.75) is 13.3 Å². The van der Waals surface area contributed by atoms with Gasteiger partial charge < -0.3 is 10.2 Å². The van der Waals surface area contributed by atoms with E-state index in [1.54, 1.807) is 4.90 Å². The van der Waals surface area contributed by atoms with Crippen LogP contribution in [-0.2, 0) is 9.59 Å². The summed E-state index contributed by atoms with van der Waals surface area (Å²) in [5.41, 5.74) is 3.81. The van der Waals surface area contributed by atoms with Crippen LogP contribution in [0.3, 0.4) is 0 Å². The van der Waals surface area contributed by atoms with Crippen LogP contribution < -0.4 is 10.2 Å². The number of nitrogens with one attached hydrogen (secondary N) is 1. The molecule has 1 aliphatic heterocycles. The zero-order chi connectivity index (χ0) is 18.8. The number of benzene rings is 2. The third-order valence-electron chi connectivity index (χ3n) is 4.65. The maximum Gasteiger partial charge on any atom is 0.231 e. The number of hydrogen-bond donors (Lipinski definition) is 1. The van der Waals surface area contributed by atoms with E-state index in [9.17, 15) is 9.59 Å². The Labute approximate surface area is 161 Å². The molecule has 2 amide bonds. The highest BCUT2D eigenvalue weighted by molar-refractivity contribution is 7.14. The molecule has 1 aliphatic rings. The van der Waals surface area contributed by atoms with Crippen LogP contribution in [0.15, 0.2) is 60.0 Å². The lowest BCUT2D eigenvalue weighted by Crippen LogP contribution is -2.28. The second-order valence-electron chi connectivity index (χ2n) is 6.63. The summed E-state index contributed by atoms with van der Waals surface area (Å²) >= 11 is 1.39. The predicted molar refractivity (Wildman–Crippen MR) is 108 cm³/mol. The van der Waals surface area contributed by atoms with E-state index >= 15 is 0 Å². The van der Waals surface area contributed by atoms with Gasteiger partial charge in [-0.3, -0.25) is 9.59 Å². The molecule has 2 heterocycles. The number of anilines is 2. The van der Waals surface area contributed by atoms with Gasteiger partial charge in [0.1, 0.15) is 0 Å². The van der Waals surface area contributed by atoms with E-state index < -0.39 is 0 Å². The first-order chi connectivity index (χ1) is 13.1. The summed E-state index contributed by atoms with van der Waals surface area (Å²) in [6.45, 7) is 2.40. The van der Waals surface area contributed by atoms with Gasteiger partial charge in [0, 0.05) is 29.6 Å². The molecule has 1 saturated heterocycles. The highest BCUT2D eigenvalue weighted by Gasteiger charge is 2.35. The summed E-state index contributed by atoms with van der Waals surface area (Å²) in [6.07, 6.45) is 0.219. The van der Waals surface area contributed by atoms with Crippen LogP contribution in [0.4, 0.5) is 10.8 Å². The van der Waals surface area contributed by atoms with Crippen molar-refractivity contribution in [3.05, 3.63) is 65.5 Å². The van der Waals surface area contributed by atoms with Crippen LogP contribution >= 0.6 is 11.3 Å². The number of carbonyl (C=O) groups is 2. The molecular formula is C21H19N3O2S. The molecule has 5 nitrogen and oxygen atoms in total. The first-order valence-corrected chi connectivity index (χ1v) is 9.67. The van der Waals surface area contributed by atoms with Crippen LogP contribution in [0.1, 0.15) is 12.0 Å². The number of thiazole rings is 1. The topological polar surface area (TPSA) is 62.3 Å². The molecule has 1 fully saturated rings. The molecule has 2 aromatic carbocycles. The van der Waals surface area contributed by atoms with Crippen LogP contribution in [0.25, 0.3) is 11.3 Å². The molecule has 0 spiro atoms. The molecule has 6 heteroatoms. The molecule has 4 rings (SSSR count). The highest BCUT2D eigenvalue weighted by Crippen LogP contribution is 2.28. The molecule has 1 aromatic heterocycles. The third-order valence-corrected chi connectivity index (χ3v) is 5.40. The van der Waals surface area contributed by atoms with E-state index in [1.807, 2.05) is 66.9 Å². The molecule has 0 saturated carbocycles. The largest absolute Gasteiger partial charge is 0.312 e. The van der Waals surface area contributed by atoms with E-state index in [0.29, 0.717) is 11.7 Å². The zero-order valence-corrected chi connectivity index (χ0v) is 15.7. The second-order valence-corrected chi connectivity index (χ2v) is 7.49. The van der Waals surface area contributed by atoms with Gasteiger partial charge in [-0.25, -0.2) is 4.98 Å². The maximum absolute atomic E-state index is 12.6. The fourth-order valence-corrected chi connectivity index (χ4v) is 3.86. The van der Waals surface area contributed by atoms with Gasteiger partial charge >= 0.3 is 0 Å². The lowest BCUT2D eigenvalue weighted by Gasteiger charge is -2.16. The SMILES string of the molecule is Cc1ccc(N2C[C@H](C(=O)Nc3nc(-c4ccccc4)cs3)CC2=O)cc1. The Bertz CT molecular complexity index is 967. The van der Waals surface area contributed by atoms with Crippen LogP contribution in [0.2, 0.25) is 0 Å². The van der Waals surface area contributed by atoms with Crippen molar-refractivity contribution in [3.8, 4) is 11.3 Å². The standard InChI is InChI=1S/C21H19N3O2S/c1-14-7-9-17(10-8-14)24-12-16(11-19(24)25)20(26)23-21-22-18(13-27-21)15-5-3-2-4-6-15/h2-10,13,16H,11-12H2,1H3,(H,22,23,26)/t16-/m1/s1. The Kier molecular flexibility index (Phi) is 4.73. The quantitative estimate of drug-likeness (QED) is 0.744. The molecule has 0 radical (unpaired) electrons. The average molecular weight is 377 g/mol. The smallest absolute Gasteiger partial charge is 0.231 e. The number of carbonyl (C=O) groups excluding carboxylic acids is 2. The number of hydrogen-bond acceptors (Lipinski definition) is 4. The molecule has 136 valence electrons. The minimum absolute atomic E-state index is 0.0249. The van der Waals surface area contributed by atoms with Gasteiger partial charge in [0.2, 0.25) is 11.8 Å². The van der Waals surface area contributed by atoms with Crippen molar-refractivity contribution in [2.24, 2.45) is 5.92 Å². The predicted octanol–water partition coefficient (Wildman–Crippen LogP) is 4.11. The van der Waals surface area contributed by atoms with Gasteiger partial charge in [0.05, 0.1) is 11.6 Å². The molecule has 3 aromatic rings. The molecule has 1 atom stereocenters. The van der Waals surface area contributed by atoms with Crippen molar-refractivity contribution < 1.29 is 9.59 Å². The van der Waals surface area contributed by atoms with Crippen molar-refractivity contribution in [3.63, 3.8) is 0 Å². The second kappa shape index (κ2) is 7.32. The molecule has 1 N–H and O–H groups in total.